The Balaban J connectivity index is 0.000000120. The molecule has 12 heavy (non-hydrogen) atoms. The first-order valence-corrected chi connectivity index (χ1v) is 4.66. The van der Waals surface area contributed by atoms with Crippen LogP contribution in [0.5, 0.6) is 0 Å². The van der Waals surface area contributed by atoms with Gasteiger partial charge in [-0.1, -0.05) is 6.07 Å². The fraction of sp³-hybridized carbons (Fsp3) is 0.200. The van der Waals surface area contributed by atoms with Gasteiger partial charge in [-0.05, 0) is 36.9 Å². The summed E-state index contributed by atoms with van der Waals surface area (Å²) in [5, 5.41) is 2.08. The Labute approximate surface area is 76.7 Å². The van der Waals surface area contributed by atoms with E-state index in [1.165, 1.54) is 10.4 Å². The molecule has 0 radical (unpaired) electrons. The summed E-state index contributed by atoms with van der Waals surface area (Å²) in [6.07, 6.45) is 3.37. The number of furan rings is 1. The van der Waals surface area contributed by atoms with E-state index in [1.54, 1.807) is 23.9 Å². The van der Waals surface area contributed by atoms with Crippen LogP contribution in [0.15, 0.2) is 40.5 Å². The molecule has 0 aromatic carbocycles. The fourth-order valence-electron chi connectivity index (χ4n) is 0.693. The van der Waals surface area contributed by atoms with E-state index >= 15 is 0 Å². The highest BCUT2D eigenvalue weighted by Crippen LogP contribution is 2.03. The Morgan fingerprint density at radius 2 is 2.08 bits per heavy atom. The molecule has 0 aliphatic rings. The maximum Gasteiger partial charge on any atom is 0.0931 e. The molecule has 2 heterocycles. The third kappa shape index (κ3) is 3.39. The lowest BCUT2D eigenvalue weighted by molar-refractivity contribution is 0.565. The molecule has 2 aromatic heterocycles. The minimum Gasteiger partial charge on any atom is -0.472 e. The molecule has 0 fully saturated rings. The topological polar surface area (TPSA) is 13.1 Å². The molecule has 0 N–H and O–H groups in total. The Hall–Kier alpha value is -1.02. The Morgan fingerprint density at radius 3 is 2.25 bits per heavy atom. The average molecular weight is 180 g/mol. The van der Waals surface area contributed by atoms with Crippen LogP contribution in [0.4, 0.5) is 0 Å². The van der Waals surface area contributed by atoms with Crippen molar-refractivity contribution in [2.45, 2.75) is 13.8 Å². The normalized spacial score (nSPS) is 8.83. The third-order valence-electron chi connectivity index (χ3n) is 1.33. The predicted molar refractivity (Wildman–Crippen MR) is 52.5 cm³/mol. The molecular weight excluding hydrogens is 168 g/mol. The molecule has 1 nitrogen and oxygen atoms in total. The summed E-state index contributed by atoms with van der Waals surface area (Å²) in [6.45, 7) is 4.09. The van der Waals surface area contributed by atoms with Crippen LogP contribution in [0, 0.1) is 13.8 Å². The van der Waals surface area contributed by atoms with Crippen LogP contribution in [0.3, 0.4) is 0 Å². The highest BCUT2D eigenvalue weighted by molar-refractivity contribution is 7.09. The minimum absolute atomic E-state index is 1.18. The van der Waals surface area contributed by atoms with Gasteiger partial charge < -0.3 is 4.42 Å². The Morgan fingerprint density at radius 1 is 1.25 bits per heavy atom. The summed E-state index contributed by atoms with van der Waals surface area (Å²) in [4.78, 5) is 1.38. The molecule has 2 heteroatoms. The number of aryl methyl sites for hydroxylation is 2. The van der Waals surface area contributed by atoms with Gasteiger partial charge in [0.25, 0.3) is 0 Å². The van der Waals surface area contributed by atoms with Crippen molar-refractivity contribution in [1.82, 2.24) is 0 Å². The summed E-state index contributed by atoms with van der Waals surface area (Å²) in [5.41, 5.74) is 1.18. The van der Waals surface area contributed by atoms with Crippen molar-refractivity contribution >= 4 is 11.3 Å². The van der Waals surface area contributed by atoms with E-state index in [4.69, 9.17) is 4.42 Å². The summed E-state index contributed by atoms with van der Waals surface area (Å²) < 4.78 is 4.71. The molecule has 0 unspecified atom stereocenters. The van der Waals surface area contributed by atoms with E-state index in [9.17, 15) is 0 Å². The summed E-state index contributed by atoms with van der Waals surface area (Å²) in [6, 6.07) is 6.07. The summed E-state index contributed by atoms with van der Waals surface area (Å²) in [7, 11) is 0. The molecule has 64 valence electrons. The van der Waals surface area contributed by atoms with Crippen molar-refractivity contribution in [1.29, 1.82) is 0 Å². The van der Waals surface area contributed by atoms with E-state index in [0.29, 0.717) is 0 Å². The average Bonchev–Trinajstić information content (AvgIpc) is 2.63. The van der Waals surface area contributed by atoms with Crippen LogP contribution in [-0.2, 0) is 0 Å². The van der Waals surface area contributed by atoms with Gasteiger partial charge in [-0.15, -0.1) is 11.3 Å². The van der Waals surface area contributed by atoms with Gasteiger partial charge in [0.1, 0.15) is 0 Å². The van der Waals surface area contributed by atoms with Gasteiger partial charge in [0.2, 0.25) is 0 Å². The molecular formula is C10H12OS. The van der Waals surface area contributed by atoms with Crippen molar-refractivity contribution in [2.24, 2.45) is 0 Å². The van der Waals surface area contributed by atoms with Gasteiger partial charge in [0, 0.05) is 4.88 Å². The van der Waals surface area contributed by atoms with Gasteiger partial charge in [0.05, 0.1) is 12.5 Å². The molecule has 2 rings (SSSR count). The third-order valence-corrected chi connectivity index (χ3v) is 2.13. The monoisotopic (exact) mass is 180 g/mol. The van der Waals surface area contributed by atoms with Crippen molar-refractivity contribution < 1.29 is 4.42 Å². The van der Waals surface area contributed by atoms with E-state index in [2.05, 4.69) is 24.4 Å². The fourth-order valence-corrected chi connectivity index (χ4v) is 1.22. The molecule has 0 atom stereocenters. The van der Waals surface area contributed by atoms with Crippen LogP contribution >= 0.6 is 11.3 Å². The second-order valence-corrected chi connectivity index (χ2v) is 3.68. The standard InChI is InChI=1S/C5H6O.C5H6S/c1-5-2-3-6-4-5;1-5-3-2-4-6-5/h2*2-4H,1H3. The van der Waals surface area contributed by atoms with Crippen LogP contribution in [-0.4, -0.2) is 0 Å². The number of hydrogen-bond donors (Lipinski definition) is 0. The Bertz CT molecular complexity index is 249. The van der Waals surface area contributed by atoms with E-state index in [0.717, 1.165) is 0 Å². The van der Waals surface area contributed by atoms with Gasteiger partial charge >= 0.3 is 0 Å². The largest absolute Gasteiger partial charge is 0.472 e. The van der Waals surface area contributed by atoms with Crippen LogP contribution in [0.25, 0.3) is 0 Å². The first kappa shape index (κ1) is 9.07. The van der Waals surface area contributed by atoms with Crippen molar-refractivity contribution in [3.8, 4) is 0 Å². The van der Waals surface area contributed by atoms with Gasteiger partial charge in [-0.3, -0.25) is 0 Å². The van der Waals surface area contributed by atoms with Crippen LogP contribution in [0.1, 0.15) is 10.4 Å². The predicted octanol–water partition coefficient (Wildman–Crippen LogP) is 3.64. The number of thiophene rings is 1. The van der Waals surface area contributed by atoms with Gasteiger partial charge in [0.15, 0.2) is 0 Å². The molecule has 0 saturated heterocycles. The zero-order chi connectivity index (χ0) is 8.81. The first-order chi connectivity index (χ1) is 5.79. The summed E-state index contributed by atoms with van der Waals surface area (Å²) >= 11 is 1.78. The first-order valence-electron chi connectivity index (χ1n) is 3.78. The van der Waals surface area contributed by atoms with E-state index in [1.807, 2.05) is 13.0 Å². The zero-order valence-electron chi connectivity index (χ0n) is 7.28. The highest BCUT2D eigenvalue weighted by atomic mass is 32.1. The molecule has 0 aliphatic carbocycles. The Kier molecular flexibility index (Phi) is 3.61. The molecule has 0 aliphatic heterocycles. The second-order valence-electron chi connectivity index (χ2n) is 2.52. The maximum absolute atomic E-state index is 4.71. The lowest BCUT2D eigenvalue weighted by Gasteiger charge is -1.65. The summed E-state index contributed by atoms with van der Waals surface area (Å²) in [5.74, 6) is 0. The van der Waals surface area contributed by atoms with Crippen molar-refractivity contribution in [3.05, 3.63) is 46.5 Å². The molecule has 0 saturated carbocycles. The van der Waals surface area contributed by atoms with Crippen LogP contribution in [0.2, 0.25) is 0 Å². The second kappa shape index (κ2) is 4.78. The molecule has 2 aromatic rings. The lowest BCUT2D eigenvalue weighted by atomic mass is 10.4. The smallest absolute Gasteiger partial charge is 0.0931 e. The zero-order valence-corrected chi connectivity index (χ0v) is 8.10. The van der Waals surface area contributed by atoms with E-state index in [-0.39, 0.29) is 0 Å². The lowest BCUT2D eigenvalue weighted by Crippen LogP contribution is -1.48. The molecule has 0 spiro atoms. The van der Waals surface area contributed by atoms with E-state index < -0.39 is 0 Å². The van der Waals surface area contributed by atoms with Gasteiger partial charge in [-0.2, -0.15) is 0 Å². The number of rotatable bonds is 0. The van der Waals surface area contributed by atoms with Gasteiger partial charge in [-0.25, -0.2) is 0 Å². The number of hydrogen-bond acceptors (Lipinski definition) is 2. The van der Waals surface area contributed by atoms with Crippen molar-refractivity contribution in [3.63, 3.8) is 0 Å². The molecule has 0 amide bonds. The SMILES string of the molecule is Cc1cccs1.Cc1ccoc1. The molecule has 0 bridgehead atoms. The highest BCUT2D eigenvalue weighted by Gasteiger charge is 1.76. The van der Waals surface area contributed by atoms with Crippen molar-refractivity contribution in [2.75, 3.05) is 0 Å². The van der Waals surface area contributed by atoms with Crippen LogP contribution < -0.4 is 0 Å². The maximum atomic E-state index is 4.71. The quantitative estimate of drug-likeness (QED) is 0.603. The minimum atomic E-state index is 1.18.